The molecule has 0 saturated carbocycles. The standard InChI is InChI=1S/C11H7ClN2O2/c12-5-9(15)7(6-13)11-14-8-3-1-2-4-10(8)16-11/h1-4,15H,5H2/b9-7-. The largest absolute Gasteiger partial charge is 0.509 e. The average molecular weight is 235 g/mol. The molecule has 2 aromatic rings. The van der Waals surface area contributed by atoms with Crippen LogP contribution in [0.5, 0.6) is 0 Å². The van der Waals surface area contributed by atoms with Crippen LogP contribution in [-0.2, 0) is 0 Å². The molecule has 1 aromatic carbocycles. The summed E-state index contributed by atoms with van der Waals surface area (Å²) in [7, 11) is 0. The van der Waals surface area contributed by atoms with Gasteiger partial charge in [0.15, 0.2) is 11.2 Å². The number of halogens is 1. The molecule has 0 aliphatic rings. The van der Waals surface area contributed by atoms with Gasteiger partial charge in [0.05, 0.1) is 5.88 Å². The van der Waals surface area contributed by atoms with E-state index in [1.54, 1.807) is 18.2 Å². The van der Waals surface area contributed by atoms with Crippen molar-refractivity contribution >= 4 is 28.3 Å². The van der Waals surface area contributed by atoms with Crippen molar-refractivity contribution in [3.05, 3.63) is 35.9 Å². The molecule has 16 heavy (non-hydrogen) atoms. The maximum atomic E-state index is 9.42. The molecule has 0 atom stereocenters. The van der Waals surface area contributed by atoms with Gasteiger partial charge in [0, 0.05) is 0 Å². The molecule has 1 N–H and O–H groups in total. The second kappa shape index (κ2) is 4.25. The lowest BCUT2D eigenvalue weighted by Crippen LogP contribution is -1.90. The van der Waals surface area contributed by atoms with Crippen LogP contribution in [0.25, 0.3) is 16.7 Å². The summed E-state index contributed by atoms with van der Waals surface area (Å²) < 4.78 is 5.33. The number of para-hydroxylation sites is 2. The number of aliphatic hydroxyl groups is 1. The lowest BCUT2D eigenvalue weighted by molar-refractivity contribution is 0.417. The molecular formula is C11H7ClN2O2. The number of fused-ring (bicyclic) bond motifs is 1. The van der Waals surface area contributed by atoms with E-state index in [2.05, 4.69) is 4.98 Å². The molecule has 4 nitrogen and oxygen atoms in total. The van der Waals surface area contributed by atoms with Crippen LogP contribution in [-0.4, -0.2) is 16.0 Å². The van der Waals surface area contributed by atoms with Gasteiger partial charge in [0.2, 0.25) is 5.89 Å². The molecule has 0 amide bonds. The van der Waals surface area contributed by atoms with Crippen molar-refractivity contribution in [1.82, 2.24) is 4.98 Å². The van der Waals surface area contributed by atoms with Gasteiger partial charge in [-0.05, 0) is 12.1 Å². The minimum Gasteiger partial charge on any atom is -0.509 e. The van der Waals surface area contributed by atoms with Gasteiger partial charge in [0.25, 0.3) is 0 Å². The Kier molecular flexibility index (Phi) is 2.80. The fraction of sp³-hybridized carbons (Fsp3) is 0.0909. The Morgan fingerprint density at radius 2 is 2.25 bits per heavy atom. The Hall–Kier alpha value is -1.99. The van der Waals surface area contributed by atoms with E-state index in [0.29, 0.717) is 11.1 Å². The van der Waals surface area contributed by atoms with Crippen LogP contribution < -0.4 is 0 Å². The molecule has 0 aliphatic carbocycles. The Balaban J connectivity index is 2.60. The molecule has 0 radical (unpaired) electrons. The molecule has 80 valence electrons. The first-order valence-electron chi connectivity index (χ1n) is 4.50. The van der Waals surface area contributed by atoms with Crippen LogP contribution >= 0.6 is 11.6 Å². The molecule has 0 saturated heterocycles. The number of nitriles is 1. The van der Waals surface area contributed by atoms with Crippen molar-refractivity contribution in [1.29, 1.82) is 5.26 Å². The van der Waals surface area contributed by atoms with Gasteiger partial charge in [-0.1, -0.05) is 12.1 Å². The Morgan fingerprint density at radius 1 is 1.50 bits per heavy atom. The number of allylic oxidation sites excluding steroid dienone is 2. The van der Waals surface area contributed by atoms with E-state index in [1.807, 2.05) is 12.1 Å². The normalized spacial score (nSPS) is 12.2. The number of aliphatic hydroxyl groups excluding tert-OH is 1. The van der Waals surface area contributed by atoms with Gasteiger partial charge in [-0.15, -0.1) is 11.6 Å². The molecule has 1 aromatic heterocycles. The zero-order valence-electron chi connectivity index (χ0n) is 8.14. The average Bonchev–Trinajstić information content (AvgIpc) is 2.72. The summed E-state index contributed by atoms with van der Waals surface area (Å²) in [4.78, 5) is 4.09. The molecule has 1 heterocycles. The highest BCUT2D eigenvalue weighted by molar-refractivity contribution is 6.19. The van der Waals surface area contributed by atoms with Crippen LogP contribution in [0.3, 0.4) is 0 Å². The summed E-state index contributed by atoms with van der Waals surface area (Å²) in [5.41, 5.74) is 1.16. The molecule has 0 bridgehead atoms. The summed E-state index contributed by atoms with van der Waals surface area (Å²) in [5.74, 6) is -0.306. The van der Waals surface area contributed by atoms with Crippen LogP contribution in [0.15, 0.2) is 34.4 Å². The SMILES string of the molecule is N#C/C(=C(/O)CCl)c1nc2ccccc2o1. The Morgan fingerprint density at radius 3 is 2.88 bits per heavy atom. The maximum Gasteiger partial charge on any atom is 0.241 e. The predicted octanol–water partition coefficient (Wildman–Crippen LogP) is 2.86. The van der Waals surface area contributed by atoms with Crippen LogP contribution in [0, 0.1) is 11.3 Å². The Bertz CT molecular complexity index is 562. The molecule has 2 rings (SSSR count). The van der Waals surface area contributed by atoms with Crippen molar-refractivity contribution in [2.45, 2.75) is 0 Å². The molecule has 5 heteroatoms. The first-order chi connectivity index (χ1) is 7.76. The first-order valence-corrected chi connectivity index (χ1v) is 5.04. The highest BCUT2D eigenvalue weighted by Gasteiger charge is 2.14. The predicted molar refractivity (Wildman–Crippen MR) is 59.9 cm³/mol. The topological polar surface area (TPSA) is 70.0 Å². The number of hydrogen-bond donors (Lipinski definition) is 1. The number of hydrogen-bond acceptors (Lipinski definition) is 4. The van der Waals surface area contributed by atoms with Crippen LogP contribution in [0.4, 0.5) is 0 Å². The van der Waals surface area contributed by atoms with Crippen LogP contribution in [0.2, 0.25) is 0 Å². The lowest BCUT2D eigenvalue weighted by Gasteiger charge is -1.94. The number of aromatic nitrogens is 1. The maximum absolute atomic E-state index is 9.42. The zero-order valence-corrected chi connectivity index (χ0v) is 8.90. The van der Waals surface area contributed by atoms with E-state index >= 15 is 0 Å². The van der Waals surface area contributed by atoms with Crippen molar-refractivity contribution in [2.75, 3.05) is 5.88 Å². The van der Waals surface area contributed by atoms with E-state index < -0.39 is 0 Å². The number of rotatable bonds is 2. The quantitative estimate of drug-likeness (QED) is 0.493. The van der Waals surface area contributed by atoms with Gasteiger partial charge in [0.1, 0.15) is 17.3 Å². The number of oxazole rings is 1. The molecule has 0 unspecified atom stereocenters. The highest BCUT2D eigenvalue weighted by Crippen LogP contribution is 2.22. The third-order valence-corrected chi connectivity index (χ3v) is 2.29. The van der Waals surface area contributed by atoms with Gasteiger partial charge >= 0.3 is 0 Å². The van der Waals surface area contributed by atoms with Crippen molar-refractivity contribution in [3.8, 4) is 6.07 Å². The molecule has 0 fully saturated rings. The summed E-state index contributed by atoms with van der Waals surface area (Å²) in [6.07, 6.45) is 0. The van der Waals surface area contributed by atoms with E-state index in [0.717, 1.165) is 0 Å². The number of alkyl halides is 1. The minimum atomic E-state index is -0.240. The molecule has 0 spiro atoms. The third kappa shape index (κ3) is 1.73. The van der Waals surface area contributed by atoms with Gasteiger partial charge in [-0.25, -0.2) is 4.98 Å². The highest BCUT2D eigenvalue weighted by atomic mass is 35.5. The summed E-state index contributed by atoms with van der Waals surface area (Å²) in [5, 5.41) is 18.3. The van der Waals surface area contributed by atoms with Crippen molar-refractivity contribution in [2.24, 2.45) is 0 Å². The van der Waals surface area contributed by atoms with E-state index in [4.69, 9.17) is 21.3 Å². The fourth-order valence-corrected chi connectivity index (χ4v) is 1.42. The number of nitrogens with zero attached hydrogens (tertiary/aromatic N) is 2. The summed E-state index contributed by atoms with van der Waals surface area (Å²) >= 11 is 5.45. The lowest BCUT2D eigenvalue weighted by atomic mass is 10.2. The summed E-state index contributed by atoms with van der Waals surface area (Å²) in [6.45, 7) is 0. The van der Waals surface area contributed by atoms with E-state index in [9.17, 15) is 5.11 Å². The fourth-order valence-electron chi connectivity index (χ4n) is 1.28. The second-order valence-corrected chi connectivity index (χ2v) is 3.32. The second-order valence-electron chi connectivity index (χ2n) is 3.05. The van der Waals surface area contributed by atoms with Crippen molar-refractivity contribution < 1.29 is 9.52 Å². The minimum absolute atomic E-state index is 0.0359. The van der Waals surface area contributed by atoms with Gasteiger partial charge < -0.3 is 9.52 Å². The van der Waals surface area contributed by atoms with Gasteiger partial charge in [-0.3, -0.25) is 0 Å². The monoisotopic (exact) mass is 234 g/mol. The Labute approximate surface area is 96.4 Å². The molecular weight excluding hydrogens is 228 g/mol. The van der Waals surface area contributed by atoms with Crippen LogP contribution in [0.1, 0.15) is 5.89 Å². The first kappa shape index (κ1) is 10.5. The number of benzene rings is 1. The smallest absolute Gasteiger partial charge is 0.241 e. The molecule has 0 aliphatic heterocycles. The van der Waals surface area contributed by atoms with Gasteiger partial charge in [-0.2, -0.15) is 5.26 Å². The van der Waals surface area contributed by atoms with E-state index in [1.165, 1.54) is 0 Å². The van der Waals surface area contributed by atoms with E-state index in [-0.39, 0.29) is 23.1 Å². The summed E-state index contributed by atoms with van der Waals surface area (Å²) in [6, 6.07) is 8.92. The zero-order chi connectivity index (χ0) is 11.5. The van der Waals surface area contributed by atoms with Crippen molar-refractivity contribution in [3.63, 3.8) is 0 Å². The third-order valence-electron chi connectivity index (χ3n) is 2.03.